The molecule has 30 heavy (non-hydrogen) atoms. The monoisotopic (exact) mass is 460 g/mol. The Hall–Kier alpha value is -1.82. The molecule has 2 N–H and O–H groups in total. The first kappa shape index (κ1) is 24.4. The predicted octanol–water partition coefficient (Wildman–Crippen LogP) is 3.31. The second-order valence-electron chi connectivity index (χ2n) is 7.24. The molecular weight excluding hydrogens is 438 g/mol. The van der Waals surface area contributed by atoms with Gasteiger partial charge in [0.2, 0.25) is 5.91 Å². The van der Waals surface area contributed by atoms with E-state index in [0.717, 1.165) is 18.2 Å². The van der Waals surface area contributed by atoms with E-state index in [2.05, 4.69) is 5.32 Å². The number of halogens is 6. The molecule has 0 unspecified atom stereocenters. The molecule has 1 aromatic carbocycles. The highest BCUT2D eigenvalue weighted by Gasteiger charge is 2.35. The lowest BCUT2D eigenvalue weighted by molar-refractivity contribution is -0.137. The number of carbonyl (C=O) groups is 1. The number of rotatable bonds is 7. The third kappa shape index (κ3) is 7.15. The van der Waals surface area contributed by atoms with Crippen LogP contribution >= 0.6 is 0 Å². The summed E-state index contributed by atoms with van der Waals surface area (Å²) in [7, 11) is -3.91. The van der Waals surface area contributed by atoms with Gasteiger partial charge in [-0.25, -0.2) is 8.42 Å². The fourth-order valence-corrected chi connectivity index (χ4v) is 5.18. The van der Waals surface area contributed by atoms with Gasteiger partial charge < -0.3 is 10.6 Å². The lowest BCUT2D eigenvalue weighted by Crippen LogP contribution is -2.40. The summed E-state index contributed by atoms with van der Waals surface area (Å²) in [6.07, 6.45) is -7.67. The number of amides is 1. The first-order valence-electron chi connectivity index (χ1n) is 9.24. The Morgan fingerprint density at radius 2 is 1.67 bits per heavy atom. The van der Waals surface area contributed by atoms with Crippen molar-refractivity contribution in [2.75, 3.05) is 19.6 Å². The molecule has 170 valence electrons. The minimum absolute atomic E-state index is 0.0216. The summed E-state index contributed by atoms with van der Waals surface area (Å²) in [5, 5.41) is 3.68. The zero-order valence-electron chi connectivity index (χ0n) is 15.8. The summed E-state index contributed by atoms with van der Waals surface area (Å²) in [5.74, 6) is -0.776. The molecule has 0 aliphatic heterocycles. The molecule has 0 saturated heterocycles. The number of hydrogen-bond donors (Lipinski definition) is 2. The van der Waals surface area contributed by atoms with Gasteiger partial charge in [0.25, 0.3) is 0 Å². The molecule has 1 aliphatic rings. The van der Waals surface area contributed by atoms with Crippen molar-refractivity contribution in [2.24, 2.45) is 5.92 Å². The molecule has 0 spiro atoms. The van der Waals surface area contributed by atoms with Crippen molar-refractivity contribution in [2.45, 2.75) is 48.2 Å². The van der Waals surface area contributed by atoms with Crippen molar-refractivity contribution < 1.29 is 39.6 Å². The molecule has 0 aromatic heterocycles. The Morgan fingerprint density at radius 3 is 2.23 bits per heavy atom. The van der Waals surface area contributed by atoms with Crippen LogP contribution in [0.2, 0.25) is 0 Å². The Bertz CT molecular complexity index is 831. The van der Waals surface area contributed by atoms with E-state index in [-0.39, 0.29) is 30.2 Å². The average Bonchev–Trinajstić information content (AvgIpc) is 2.66. The minimum Gasteiger partial charge on any atom is -0.346 e. The van der Waals surface area contributed by atoms with E-state index in [4.69, 9.17) is 0 Å². The highest BCUT2D eigenvalue weighted by Crippen LogP contribution is 2.34. The van der Waals surface area contributed by atoms with Crippen LogP contribution in [0.4, 0.5) is 26.3 Å². The molecule has 0 heterocycles. The van der Waals surface area contributed by atoms with Crippen LogP contribution in [0.5, 0.6) is 0 Å². The summed E-state index contributed by atoms with van der Waals surface area (Å²) in [5.41, 5.74) is -1.02. The van der Waals surface area contributed by atoms with Crippen LogP contribution in [-0.2, 0) is 20.8 Å². The van der Waals surface area contributed by atoms with Crippen LogP contribution in [0.1, 0.15) is 31.2 Å². The van der Waals surface area contributed by atoms with E-state index < -0.39 is 45.5 Å². The maximum atomic E-state index is 12.8. The Morgan fingerprint density at radius 1 is 1.03 bits per heavy atom. The van der Waals surface area contributed by atoms with Crippen LogP contribution in [-0.4, -0.2) is 45.4 Å². The van der Waals surface area contributed by atoms with Crippen molar-refractivity contribution in [1.29, 1.82) is 0 Å². The van der Waals surface area contributed by atoms with Gasteiger partial charge in [-0.3, -0.25) is 4.79 Å². The van der Waals surface area contributed by atoms with Crippen LogP contribution < -0.4 is 10.6 Å². The van der Waals surface area contributed by atoms with Crippen molar-refractivity contribution >= 4 is 15.7 Å². The quantitative estimate of drug-likeness (QED) is 0.613. The maximum Gasteiger partial charge on any atom is 0.416 e. The number of benzene rings is 1. The highest BCUT2D eigenvalue weighted by atomic mass is 32.2. The van der Waals surface area contributed by atoms with E-state index in [9.17, 15) is 39.6 Å². The van der Waals surface area contributed by atoms with Crippen molar-refractivity contribution in [1.82, 2.24) is 10.6 Å². The lowest BCUT2D eigenvalue weighted by Gasteiger charge is -2.28. The van der Waals surface area contributed by atoms with Gasteiger partial charge in [-0.15, -0.1) is 0 Å². The molecule has 12 heteroatoms. The SMILES string of the molecule is O=C(CNCC1CCC(S(=O)(=O)c2cccc(C(F)(F)F)c2)CC1)NCC(F)(F)F. The zero-order valence-corrected chi connectivity index (χ0v) is 16.6. The molecule has 1 aliphatic carbocycles. The molecule has 1 amide bonds. The van der Waals surface area contributed by atoms with E-state index in [1.54, 1.807) is 5.32 Å². The average molecular weight is 460 g/mol. The van der Waals surface area contributed by atoms with Gasteiger partial charge in [-0.05, 0) is 56.3 Å². The fraction of sp³-hybridized carbons (Fsp3) is 0.611. The summed E-state index contributed by atoms with van der Waals surface area (Å²) >= 11 is 0. The Kier molecular flexibility index (Phi) is 7.78. The largest absolute Gasteiger partial charge is 0.416 e. The number of sulfone groups is 1. The molecular formula is C18H22F6N2O3S. The Labute approximate surface area is 170 Å². The van der Waals surface area contributed by atoms with Gasteiger partial charge in [0.15, 0.2) is 9.84 Å². The molecule has 1 fully saturated rings. The molecule has 5 nitrogen and oxygen atoms in total. The van der Waals surface area contributed by atoms with Crippen molar-refractivity contribution in [3.05, 3.63) is 29.8 Å². The van der Waals surface area contributed by atoms with Crippen LogP contribution in [0.15, 0.2) is 29.2 Å². The molecule has 1 saturated carbocycles. The van der Waals surface area contributed by atoms with Crippen molar-refractivity contribution in [3.8, 4) is 0 Å². The fourth-order valence-electron chi connectivity index (χ4n) is 3.34. The van der Waals surface area contributed by atoms with E-state index in [1.807, 2.05) is 0 Å². The lowest BCUT2D eigenvalue weighted by atomic mass is 9.89. The first-order chi connectivity index (χ1) is 13.8. The zero-order chi connectivity index (χ0) is 22.6. The van der Waals surface area contributed by atoms with Crippen LogP contribution in [0.25, 0.3) is 0 Å². The minimum atomic E-state index is -4.64. The molecule has 1 aromatic rings. The summed E-state index contributed by atoms with van der Waals surface area (Å²) < 4.78 is 100. The number of hydrogen-bond acceptors (Lipinski definition) is 4. The summed E-state index contributed by atoms with van der Waals surface area (Å²) in [4.78, 5) is 11.0. The molecule has 2 rings (SSSR count). The standard InChI is InChI=1S/C18H22F6N2O3S/c19-17(20,21)11-26-16(27)10-25-9-12-4-6-14(7-5-12)30(28,29)15-3-1-2-13(8-15)18(22,23)24/h1-3,8,12,14,25H,4-7,9-11H2,(H,26,27). The molecule has 0 atom stereocenters. The highest BCUT2D eigenvalue weighted by molar-refractivity contribution is 7.92. The van der Waals surface area contributed by atoms with E-state index in [0.29, 0.717) is 25.5 Å². The van der Waals surface area contributed by atoms with Gasteiger partial charge >= 0.3 is 12.4 Å². The van der Waals surface area contributed by atoms with Gasteiger partial charge in [-0.1, -0.05) is 6.07 Å². The number of alkyl halides is 6. The first-order valence-corrected chi connectivity index (χ1v) is 10.8. The van der Waals surface area contributed by atoms with Crippen LogP contribution in [0, 0.1) is 5.92 Å². The molecule has 0 bridgehead atoms. The van der Waals surface area contributed by atoms with E-state index in [1.165, 1.54) is 0 Å². The van der Waals surface area contributed by atoms with Gasteiger partial charge in [-0.2, -0.15) is 26.3 Å². The smallest absolute Gasteiger partial charge is 0.346 e. The number of carbonyl (C=O) groups excluding carboxylic acids is 1. The molecule has 0 radical (unpaired) electrons. The predicted molar refractivity (Wildman–Crippen MR) is 96.3 cm³/mol. The second kappa shape index (κ2) is 9.54. The van der Waals surface area contributed by atoms with Gasteiger partial charge in [0.1, 0.15) is 6.54 Å². The normalized spacial score (nSPS) is 20.7. The summed E-state index contributed by atoms with van der Waals surface area (Å²) in [6, 6.07) is 3.67. The topological polar surface area (TPSA) is 75.3 Å². The van der Waals surface area contributed by atoms with Crippen LogP contribution in [0.3, 0.4) is 0 Å². The third-order valence-electron chi connectivity index (χ3n) is 4.93. The van der Waals surface area contributed by atoms with E-state index >= 15 is 0 Å². The Balaban J connectivity index is 1.83. The maximum absolute atomic E-state index is 12.8. The number of nitrogens with one attached hydrogen (secondary N) is 2. The second-order valence-corrected chi connectivity index (χ2v) is 9.46. The van der Waals surface area contributed by atoms with Crippen molar-refractivity contribution in [3.63, 3.8) is 0 Å². The van der Waals surface area contributed by atoms with Gasteiger partial charge in [0.05, 0.1) is 22.3 Å². The van der Waals surface area contributed by atoms with Gasteiger partial charge in [0, 0.05) is 0 Å². The third-order valence-corrected chi connectivity index (χ3v) is 7.19. The summed E-state index contributed by atoms with van der Waals surface area (Å²) in [6.45, 7) is -1.37.